The van der Waals surface area contributed by atoms with Crippen LogP contribution in [0.2, 0.25) is 0 Å². The van der Waals surface area contributed by atoms with Gasteiger partial charge in [0.05, 0.1) is 5.25 Å². The molecule has 1 amide bonds. The first kappa shape index (κ1) is 17.1. The van der Waals surface area contributed by atoms with E-state index in [0.29, 0.717) is 11.7 Å². The largest absolute Gasteiger partial charge is 0.343 e. The number of nitrogens with zero attached hydrogens (tertiary/aromatic N) is 3. The Hall–Kier alpha value is -1.24. The van der Waals surface area contributed by atoms with E-state index in [0.717, 1.165) is 38.8 Å². The van der Waals surface area contributed by atoms with E-state index in [1.165, 1.54) is 24.6 Å². The molecule has 1 N–H and O–H groups in total. The molecule has 2 heterocycles. The summed E-state index contributed by atoms with van der Waals surface area (Å²) in [4.78, 5) is 26.3. The van der Waals surface area contributed by atoms with Gasteiger partial charge in [-0.25, -0.2) is 9.89 Å². The van der Waals surface area contributed by atoms with E-state index in [9.17, 15) is 9.59 Å². The molecule has 0 aromatic carbocycles. The second-order valence-electron chi connectivity index (χ2n) is 5.82. The summed E-state index contributed by atoms with van der Waals surface area (Å²) in [5, 5.41) is 6.97. The number of likely N-dealkylation sites (tertiary alicyclic amines) is 1. The molecule has 0 bridgehead atoms. The van der Waals surface area contributed by atoms with Crippen LogP contribution in [-0.4, -0.2) is 43.9 Å². The van der Waals surface area contributed by atoms with Gasteiger partial charge in [0.2, 0.25) is 5.91 Å². The summed E-state index contributed by atoms with van der Waals surface area (Å²) < 4.78 is 1.64. The third-order valence-corrected chi connectivity index (χ3v) is 5.08. The smallest absolute Gasteiger partial charge is 0.342 e. The highest BCUT2D eigenvalue weighted by Crippen LogP contribution is 2.23. The lowest BCUT2D eigenvalue weighted by atomic mass is 10.2. The van der Waals surface area contributed by atoms with Crippen LogP contribution < -0.4 is 5.69 Å². The van der Waals surface area contributed by atoms with Gasteiger partial charge in [-0.15, -0.1) is 5.10 Å². The van der Waals surface area contributed by atoms with Gasteiger partial charge in [0, 0.05) is 19.6 Å². The Morgan fingerprint density at radius 2 is 2.00 bits per heavy atom. The number of aromatic nitrogens is 3. The zero-order chi connectivity index (χ0) is 15.9. The number of carbonyl (C=O) groups excluding carboxylic acids is 1. The SMILES string of the molecule is CCCCn1c(SC(C)C(=O)N2CCCCCC2)n[nH]c1=O. The van der Waals surface area contributed by atoms with Gasteiger partial charge in [0.15, 0.2) is 5.16 Å². The van der Waals surface area contributed by atoms with Crippen LogP contribution in [0.4, 0.5) is 0 Å². The molecule has 1 unspecified atom stereocenters. The van der Waals surface area contributed by atoms with Crippen LogP contribution in [0.5, 0.6) is 0 Å². The number of unbranched alkanes of at least 4 members (excludes halogenated alkanes) is 1. The molecule has 1 aliphatic rings. The molecule has 1 saturated heterocycles. The van der Waals surface area contributed by atoms with E-state index in [1.807, 2.05) is 11.8 Å². The molecule has 1 aliphatic heterocycles. The minimum Gasteiger partial charge on any atom is -0.342 e. The third-order valence-electron chi connectivity index (χ3n) is 4.01. The van der Waals surface area contributed by atoms with Crippen molar-refractivity contribution in [3.8, 4) is 0 Å². The average molecular weight is 326 g/mol. The fourth-order valence-corrected chi connectivity index (χ4v) is 3.63. The van der Waals surface area contributed by atoms with Gasteiger partial charge in [0.1, 0.15) is 0 Å². The van der Waals surface area contributed by atoms with E-state index in [2.05, 4.69) is 17.1 Å². The Kier molecular flexibility index (Phi) is 6.54. The summed E-state index contributed by atoms with van der Waals surface area (Å²) in [5.74, 6) is 0.157. The molecular weight excluding hydrogens is 300 g/mol. The number of hydrogen-bond acceptors (Lipinski definition) is 4. The van der Waals surface area contributed by atoms with Gasteiger partial charge in [-0.2, -0.15) is 0 Å². The molecule has 1 atom stereocenters. The molecule has 0 aliphatic carbocycles. The molecule has 124 valence electrons. The van der Waals surface area contributed by atoms with Gasteiger partial charge in [-0.05, 0) is 26.2 Å². The summed E-state index contributed by atoms with van der Waals surface area (Å²) in [5.41, 5.74) is -0.189. The summed E-state index contributed by atoms with van der Waals surface area (Å²) >= 11 is 1.38. The number of carbonyl (C=O) groups is 1. The van der Waals surface area contributed by atoms with Crippen LogP contribution in [-0.2, 0) is 11.3 Å². The predicted molar refractivity (Wildman–Crippen MR) is 88.1 cm³/mol. The van der Waals surface area contributed by atoms with Gasteiger partial charge >= 0.3 is 5.69 Å². The predicted octanol–water partition coefficient (Wildman–Crippen LogP) is 2.25. The normalized spacial score (nSPS) is 17.3. The average Bonchev–Trinajstić information content (AvgIpc) is 2.73. The van der Waals surface area contributed by atoms with Crippen LogP contribution in [0, 0.1) is 0 Å². The van der Waals surface area contributed by atoms with Crippen molar-refractivity contribution < 1.29 is 4.79 Å². The Balaban J connectivity index is 2.00. The lowest BCUT2D eigenvalue weighted by molar-refractivity contribution is -0.130. The molecule has 1 fully saturated rings. The summed E-state index contributed by atoms with van der Waals surface area (Å²) in [6.45, 7) is 6.35. The minimum absolute atomic E-state index is 0.157. The fraction of sp³-hybridized carbons (Fsp3) is 0.800. The zero-order valence-electron chi connectivity index (χ0n) is 13.5. The van der Waals surface area contributed by atoms with E-state index in [-0.39, 0.29) is 16.8 Å². The maximum Gasteiger partial charge on any atom is 0.343 e. The topological polar surface area (TPSA) is 71.0 Å². The van der Waals surface area contributed by atoms with Gasteiger partial charge in [0.25, 0.3) is 0 Å². The van der Waals surface area contributed by atoms with Crippen molar-refractivity contribution in [2.45, 2.75) is 69.3 Å². The van der Waals surface area contributed by atoms with Crippen molar-refractivity contribution >= 4 is 17.7 Å². The summed E-state index contributed by atoms with van der Waals surface area (Å²) in [6, 6.07) is 0. The number of hydrogen-bond donors (Lipinski definition) is 1. The Morgan fingerprint density at radius 1 is 1.32 bits per heavy atom. The molecule has 1 aromatic heterocycles. The number of thioether (sulfide) groups is 1. The highest BCUT2D eigenvalue weighted by Gasteiger charge is 2.24. The van der Waals surface area contributed by atoms with Crippen molar-refractivity contribution in [2.24, 2.45) is 0 Å². The second-order valence-corrected chi connectivity index (χ2v) is 7.12. The first-order chi connectivity index (χ1) is 10.6. The van der Waals surface area contributed by atoms with Crippen molar-refractivity contribution in [3.63, 3.8) is 0 Å². The standard InChI is InChI=1S/C15H26N4O2S/c1-3-4-11-19-14(21)16-17-15(19)22-12(2)13(20)18-9-7-5-6-8-10-18/h12H,3-11H2,1-2H3,(H,16,21). The maximum absolute atomic E-state index is 12.6. The number of amides is 1. The number of rotatable bonds is 6. The second kappa shape index (κ2) is 8.41. The molecule has 2 rings (SSSR count). The Bertz CT molecular complexity index is 532. The van der Waals surface area contributed by atoms with E-state index >= 15 is 0 Å². The molecular formula is C15H26N4O2S. The molecule has 6 nitrogen and oxygen atoms in total. The van der Waals surface area contributed by atoms with Crippen LogP contribution in [0.25, 0.3) is 0 Å². The molecule has 7 heteroatoms. The highest BCUT2D eigenvalue weighted by molar-refractivity contribution is 8.00. The minimum atomic E-state index is -0.214. The first-order valence-corrected chi connectivity index (χ1v) is 9.12. The van der Waals surface area contributed by atoms with E-state index in [1.54, 1.807) is 4.57 Å². The van der Waals surface area contributed by atoms with E-state index < -0.39 is 0 Å². The molecule has 0 spiro atoms. The van der Waals surface area contributed by atoms with Crippen molar-refractivity contribution in [2.75, 3.05) is 13.1 Å². The van der Waals surface area contributed by atoms with Crippen LogP contribution in [0.1, 0.15) is 52.4 Å². The van der Waals surface area contributed by atoms with Gasteiger partial charge in [-0.3, -0.25) is 9.36 Å². The zero-order valence-corrected chi connectivity index (χ0v) is 14.3. The first-order valence-electron chi connectivity index (χ1n) is 8.24. The summed E-state index contributed by atoms with van der Waals surface area (Å²) in [7, 11) is 0. The number of nitrogens with one attached hydrogen (secondary N) is 1. The molecule has 0 saturated carbocycles. The quantitative estimate of drug-likeness (QED) is 0.814. The fourth-order valence-electron chi connectivity index (χ4n) is 2.66. The molecule has 0 radical (unpaired) electrons. The number of aromatic amines is 1. The van der Waals surface area contributed by atoms with Crippen molar-refractivity contribution in [1.29, 1.82) is 0 Å². The summed E-state index contributed by atoms with van der Waals surface area (Å²) in [6.07, 6.45) is 6.55. The van der Waals surface area contributed by atoms with Crippen LogP contribution >= 0.6 is 11.8 Å². The Labute approximate surface area is 135 Å². The van der Waals surface area contributed by atoms with Crippen molar-refractivity contribution in [3.05, 3.63) is 10.5 Å². The van der Waals surface area contributed by atoms with Crippen LogP contribution in [0.15, 0.2) is 9.95 Å². The monoisotopic (exact) mass is 326 g/mol. The lowest BCUT2D eigenvalue weighted by Crippen LogP contribution is -2.37. The molecule has 1 aromatic rings. The Morgan fingerprint density at radius 3 is 2.64 bits per heavy atom. The van der Waals surface area contributed by atoms with E-state index in [4.69, 9.17) is 0 Å². The van der Waals surface area contributed by atoms with Gasteiger partial charge in [-0.1, -0.05) is 37.9 Å². The highest BCUT2D eigenvalue weighted by atomic mass is 32.2. The van der Waals surface area contributed by atoms with Crippen molar-refractivity contribution in [1.82, 2.24) is 19.7 Å². The maximum atomic E-state index is 12.6. The van der Waals surface area contributed by atoms with Gasteiger partial charge < -0.3 is 4.90 Å². The lowest BCUT2D eigenvalue weighted by Gasteiger charge is -2.23. The van der Waals surface area contributed by atoms with Crippen LogP contribution in [0.3, 0.4) is 0 Å². The number of H-pyrrole nitrogens is 1. The third kappa shape index (κ3) is 4.38. The molecule has 22 heavy (non-hydrogen) atoms.